The molecule has 0 aliphatic carbocycles. The monoisotopic (exact) mass is 286 g/mol. The van der Waals surface area contributed by atoms with Crippen LogP contribution in [0.15, 0.2) is 48.5 Å². The summed E-state index contributed by atoms with van der Waals surface area (Å²) in [5, 5.41) is 12.5. The largest absolute Gasteiger partial charge is 0.479 e. The quantitative estimate of drug-likeness (QED) is 0.885. The summed E-state index contributed by atoms with van der Waals surface area (Å²) >= 11 is 6.13. The fraction of sp³-hybridized carbons (Fsp3) is 0.188. The van der Waals surface area contributed by atoms with Gasteiger partial charge in [0.2, 0.25) is 0 Å². The Balaban J connectivity index is 2.04. The van der Waals surface area contributed by atoms with Crippen LogP contribution in [0.3, 0.4) is 0 Å². The van der Waals surface area contributed by atoms with Crippen LogP contribution in [0.5, 0.6) is 5.75 Å². The van der Waals surface area contributed by atoms with E-state index in [1.54, 1.807) is 0 Å². The van der Waals surface area contributed by atoms with Crippen molar-refractivity contribution in [2.24, 2.45) is 0 Å². The van der Waals surface area contributed by atoms with Crippen molar-refractivity contribution in [1.82, 2.24) is 0 Å². The Labute approximate surface area is 123 Å². The molecule has 102 valence electrons. The van der Waals surface area contributed by atoms with Crippen molar-refractivity contribution < 1.29 is 4.74 Å². The minimum atomic E-state index is 0.0623. The number of nitriles is 1. The van der Waals surface area contributed by atoms with Gasteiger partial charge in [-0.05, 0) is 36.8 Å². The Bertz CT molecular complexity index is 605. The van der Waals surface area contributed by atoms with E-state index in [9.17, 15) is 0 Å². The highest BCUT2D eigenvalue weighted by Crippen LogP contribution is 2.26. The van der Waals surface area contributed by atoms with E-state index in [-0.39, 0.29) is 12.6 Å². The number of hydrogen-bond acceptors (Lipinski definition) is 3. The summed E-state index contributed by atoms with van der Waals surface area (Å²) in [4.78, 5) is 0. The lowest BCUT2D eigenvalue weighted by molar-refractivity contribution is 0.368. The first-order valence-corrected chi connectivity index (χ1v) is 6.69. The van der Waals surface area contributed by atoms with E-state index in [1.807, 2.05) is 54.6 Å². The predicted octanol–water partition coefficient (Wildman–Crippen LogP) is 4.42. The zero-order valence-electron chi connectivity index (χ0n) is 11.1. The Morgan fingerprint density at radius 3 is 2.55 bits per heavy atom. The summed E-state index contributed by atoms with van der Waals surface area (Å²) in [7, 11) is 0. The van der Waals surface area contributed by atoms with Crippen molar-refractivity contribution in [1.29, 1.82) is 5.26 Å². The highest BCUT2D eigenvalue weighted by atomic mass is 35.5. The summed E-state index contributed by atoms with van der Waals surface area (Å²) in [6, 6.07) is 17.4. The van der Waals surface area contributed by atoms with Crippen molar-refractivity contribution in [2.75, 3.05) is 11.9 Å². The smallest absolute Gasteiger partial charge is 0.174 e. The lowest BCUT2D eigenvalue weighted by Gasteiger charge is -2.17. The molecule has 0 saturated heterocycles. The Kier molecular flexibility index (Phi) is 4.86. The molecule has 0 spiro atoms. The Morgan fingerprint density at radius 2 is 1.90 bits per heavy atom. The maximum atomic E-state index is 8.46. The number of anilines is 1. The average Bonchev–Trinajstić information content (AvgIpc) is 2.48. The molecule has 0 radical (unpaired) electrons. The van der Waals surface area contributed by atoms with Crippen LogP contribution in [-0.2, 0) is 0 Å². The third-order valence-corrected chi connectivity index (χ3v) is 3.26. The molecule has 0 saturated carbocycles. The van der Waals surface area contributed by atoms with Crippen LogP contribution in [0.25, 0.3) is 0 Å². The number of nitrogens with one attached hydrogen (secondary N) is 1. The standard InChI is InChI=1S/C16H15ClN2O/c1-12(19-16-5-3-2-4-15(16)17)13-6-8-14(9-7-13)20-11-10-18/h2-9,12,19H,11H2,1H3. The summed E-state index contributed by atoms with van der Waals surface area (Å²) in [6.07, 6.45) is 0. The highest BCUT2D eigenvalue weighted by molar-refractivity contribution is 6.33. The minimum Gasteiger partial charge on any atom is -0.479 e. The molecule has 2 rings (SSSR count). The molecule has 2 aromatic carbocycles. The molecule has 0 aliphatic rings. The van der Waals surface area contributed by atoms with Gasteiger partial charge in [0.1, 0.15) is 11.8 Å². The van der Waals surface area contributed by atoms with E-state index in [1.165, 1.54) is 0 Å². The maximum Gasteiger partial charge on any atom is 0.174 e. The first kappa shape index (κ1) is 14.2. The minimum absolute atomic E-state index is 0.0623. The summed E-state index contributed by atoms with van der Waals surface area (Å²) in [5.74, 6) is 0.695. The molecule has 0 bridgehead atoms. The van der Waals surface area contributed by atoms with Gasteiger partial charge in [-0.25, -0.2) is 0 Å². The van der Waals surface area contributed by atoms with Crippen molar-refractivity contribution in [3.8, 4) is 11.8 Å². The molecule has 0 aliphatic heterocycles. The van der Waals surface area contributed by atoms with Gasteiger partial charge in [-0.1, -0.05) is 35.9 Å². The number of benzene rings is 2. The Morgan fingerprint density at radius 1 is 1.20 bits per heavy atom. The van der Waals surface area contributed by atoms with Gasteiger partial charge in [0.25, 0.3) is 0 Å². The van der Waals surface area contributed by atoms with Crippen molar-refractivity contribution in [2.45, 2.75) is 13.0 Å². The fourth-order valence-corrected chi connectivity index (χ4v) is 2.05. The zero-order chi connectivity index (χ0) is 14.4. The second kappa shape index (κ2) is 6.83. The summed E-state index contributed by atoms with van der Waals surface area (Å²) in [6.45, 7) is 2.13. The number of nitrogens with zero attached hydrogens (tertiary/aromatic N) is 1. The van der Waals surface area contributed by atoms with E-state index in [2.05, 4.69) is 12.2 Å². The average molecular weight is 287 g/mol. The van der Waals surface area contributed by atoms with Crippen molar-refractivity contribution in [3.05, 3.63) is 59.1 Å². The SMILES string of the molecule is CC(Nc1ccccc1Cl)c1ccc(OCC#N)cc1. The normalized spacial score (nSPS) is 11.4. The van der Waals surface area contributed by atoms with Gasteiger partial charge in [-0.3, -0.25) is 0 Å². The summed E-state index contributed by atoms with van der Waals surface area (Å²) in [5.41, 5.74) is 2.03. The van der Waals surface area contributed by atoms with Gasteiger partial charge < -0.3 is 10.1 Å². The second-order valence-corrected chi connectivity index (χ2v) is 4.77. The topological polar surface area (TPSA) is 45.0 Å². The van der Waals surface area contributed by atoms with Gasteiger partial charge in [0, 0.05) is 6.04 Å². The number of ether oxygens (including phenoxy) is 1. The van der Waals surface area contributed by atoms with Gasteiger partial charge in [0.15, 0.2) is 6.61 Å². The third kappa shape index (κ3) is 3.66. The molecular weight excluding hydrogens is 272 g/mol. The van der Waals surface area contributed by atoms with Gasteiger partial charge in [-0.2, -0.15) is 5.26 Å². The number of hydrogen-bond donors (Lipinski definition) is 1. The first-order chi connectivity index (χ1) is 9.70. The molecule has 3 nitrogen and oxygen atoms in total. The number of halogens is 1. The zero-order valence-corrected chi connectivity index (χ0v) is 11.9. The van der Waals surface area contributed by atoms with Crippen LogP contribution >= 0.6 is 11.6 Å². The number of rotatable bonds is 5. The molecule has 4 heteroatoms. The number of para-hydroxylation sites is 1. The Hall–Kier alpha value is -2.18. The molecule has 0 fully saturated rings. The molecule has 20 heavy (non-hydrogen) atoms. The van der Waals surface area contributed by atoms with E-state index < -0.39 is 0 Å². The maximum absolute atomic E-state index is 8.46. The lowest BCUT2D eigenvalue weighted by Crippen LogP contribution is -2.06. The molecule has 1 N–H and O–H groups in total. The molecule has 2 aromatic rings. The molecule has 1 unspecified atom stereocenters. The molecule has 0 amide bonds. The van der Waals surface area contributed by atoms with Crippen molar-refractivity contribution in [3.63, 3.8) is 0 Å². The molecular formula is C16H15ClN2O. The van der Waals surface area contributed by atoms with Crippen LogP contribution in [0, 0.1) is 11.3 Å². The lowest BCUT2D eigenvalue weighted by atomic mass is 10.1. The molecule has 0 heterocycles. The van der Waals surface area contributed by atoms with Crippen LogP contribution in [0.2, 0.25) is 5.02 Å². The molecule has 0 aromatic heterocycles. The van der Waals surface area contributed by atoms with Gasteiger partial charge in [-0.15, -0.1) is 0 Å². The first-order valence-electron chi connectivity index (χ1n) is 6.31. The second-order valence-electron chi connectivity index (χ2n) is 4.36. The fourth-order valence-electron chi connectivity index (χ4n) is 1.86. The molecule has 1 atom stereocenters. The van der Waals surface area contributed by atoms with E-state index in [4.69, 9.17) is 21.6 Å². The van der Waals surface area contributed by atoms with E-state index in [0.29, 0.717) is 10.8 Å². The highest BCUT2D eigenvalue weighted by Gasteiger charge is 2.07. The van der Waals surface area contributed by atoms with E-state index >= 15 is 0 Å². The van der Waals surface area contributed by atoms with E-state index in [0.717, 1.165) is 11.3 Å². The third-order valence-electron chi connectivity index (χ3n) is 2.93. The van der Waals surface area contributed by atoms with Crippen LogP contribution in [0.1, 0.15) is 18.5 Å². The van der Waals surface area contributed by atoms with Crippen LogP contribution < -0.4 is 10.1 Å². The van der Waals surface area contributed by atoms with Crippen LogP contribution in [0.4, 0.5) is 5.69 Å². The summed E-state index contributed by atoms with van der Waals surface area (Å²) < 4.78 is 5.22. The van der Waals surface area contributed by atoms with Gasteiger partial charge in [0.05, 0.1) is 10.7 Å². The van der Waals surface area contributed by atoms with Crippen LogP contribution in [-0.4, -0.2) is 6.61 Å². The van der Waals surface area contributed by atoms with Gasteiger partial charge >= 0.3 is 0 Å². The van der Waals surface area contributed by atoms with Crippen molar-refractivity contribution >= 4 is 17.3 Å². The predicted molar refractivity (Wildman–Crippen MR) is 81.0 cm³/mol.